The molecule has 1 amide bonds. The zero-order valence-corrected chi connectivity index (χ0v) is 16.9. The van der Waals surface area contributed by atoms with Crippen molar-refractivity contribution in [2.75, 3.05) is 25.1 Å². The number of likely N-dealkylation sites (N-methyl/N-ethyl adjacent to an activating group) is 1. The predicted molar refractivity (Wildman–Crippen MR) is 109 cm³/mol. The summed E-state index contributed by atoms with van der Waals surface area (Å²) in [5.41, 5.74) is 4.71. The van der Waals surface area contributed by atoms with Crippen LogP contribution in [0.3, 0.4) is 0 Å². The van der Waals surface area contributed by atoms with Gasteiger partial charge in [-0.25, -0.2) is 14.9 Å². The number of carbonyl (C=O) groups excluding carboxylic acids is 1. The number of amides is 1. The lowest BCUT2D eigenvalue weighted by Crippen LogP contribution is -2.84. The van der Waals surface area contributed by atoms with Crippen LogP contribution >= 0.6 is 0 Å². The Labute approximate surface area is 169 Å². The van der Waals surface area contributed by atoms with E-state index in [4.69, 9.17) is 0 Å². The summed E-state index contributed by atoms with van der Waals surface area (Å²) in [6.45, 7) is 3.92. The van der Waals surface area contributed by atoms with Crippen LogP contribution in [0.5, 0.6) is 0 Å². The standard InChI is InChI=1S/C19H27N9O/c1-3-28-13-23-25-19(28)17(10-21-12-22-19)26(11-16(28)14-6-4-5-7-14)27-9-8-15(24-27)18(29)20-2/h8-10,12-14,16,25H,3-7,11H2,1-2H3,(H-,20,21,22,29)/p+1/t16?,19?,28-/m0/s1. The molecule has 4 heterocycles. The van der Waals surface area contributed by atoms with Crippen LogP contribution in [-0.4, -0.2) is 64.9 Å². The van der Waals surface area contributed by atoms with Crippen molar-refractivity contribution in [2.24, 2.45) is 16.0 Å². The van der Waals surface area contributed by atoms with Gasteiger partial charge in [0.1, 0.15) is 6.04 Å². The second-order valence-corrected chi connectivity index (χ2v) is 8.14. The molecule has 2 fully saturated rings. The minimum absolute atomic E-state index is 0.197. The largest absolute Gasteiger partial charge is 0.354 e. The third-order valence-corrected chi connectivity index (χ3v) is 7.01. The van der Waals surface area contributed by atoms with E-state index in [9.17, 15) is 4.79 Å². The van der Waals surface area contributed by atoms with Crippen LogP contribution in [0.25, 0.3) is 0 Å². The molecule has 0 radical (unpaired) electrons. The Morgan fingerprint density at radius 3 is 3.00 bits per heavy atom. The summed E-state index contributed by atoms with van der Waals surface area (Å²) in [7, 11) is 1.61. The first-order valence-corrected chi connectivity index (χ1v) is 10.4. The first-order valence-electron chi connectivity index (χ1n) is 10.4. The van der Waals surface area contributed by atoms with Gasteiger partial charge < -0.3 is 5.32 Å². The highest BCUT2D eigenvalue weighted by atomic mass is 16.1. The molecule has 4 aliphatic rings. The highest BCUT2D eigenvalue weighted by Crippen LogP contribution is 2.45. The maximum Gasteiger partial charge on any atom is 0.318 e. The van der Waals surface area contributed by atoms with Crippen LogP contribution in [0.1, 0.15) is 43.1 Å². The summed E-state index contributed by atoms with van der Waals surface area (Å²) in [6.07, 6.45) is 12.5. The number of nitrogens with one attached hydrogen (secondary N) is 3. The van der Waals surface area contributed by atoms with Crippen molar-refractivity contribution in [3.8, 4) is 0 Å². The molecule has 1 saturated heterocycles. The van der Waals surface area contributed by atoms with Gasteiger partial charge in [0.15, 0.2) is 11.4 Å². The molecule has 3 aliphatic heterocycles. The molecular formula is C19H28N9O+. The van der Waals surface area contributed by atoms with Gasteiger partial charge in [-0.15, -0.1) is 10.2 Å². The van der Waals surface area contributed by atoms with E-state index in [1.807, 2.05) is 12.4 Å². The molecule has 1 aromatic heterocycles. The van der Waals surface area contributed by atoms with E-state index >= 15 is 0 Å². The van der Waals surface area contributed by atoms with E-state index in [2.05, 4.69) is 49.5 Å². The van der Waals surface area contributed by atoms with Crippen molar-refractivity contribution in [3.05, 3.63) is 29.9 Å². The molecule has 1 spiro atoms. The summed E-state index contributed by atoms with van der Waals surface area (Å²) in [6, 6.07) is 2.08. The van der Waals surface area contributed by atoms with Crippen LogP contribution in [0.2, 0.25) is 0 Å². The lowest BCUT2D eigenvalue weighted by atomic mass is 9.88. The van der Waals surface area contributed by atoms with E-state index in [1.165, 1.54) is 25.7 Å². The Hall–Kier alpha value is -2.88. The molecule has 2 unspecified atom stereocenters. The molecule has 3 atom stereocenters. The molecule has 1 saturated carbocycles. The lowest BCUT2D eigenvalue weighted by Gasteiger charge is -2.57. The lowest BCUT2D eigenvalue weighted by molar-refractivity contribution is -0.912. The van der Waals surface area contributed by atoms with E-state index in [1.54, 1.807) is 24.2 Å². The monoisotopic (exact) mass is 398 g/mol. The molecule has 10 nitrogen and oxygen atoms in total. The molecule has 29 heavy (non-hydrogen) atoms. The smallest absolute Gasteiger partial charge is 0.318 e. The van der Waals surface area contributed by atoms with Gasteiger partial charge in [-0.2, -0.15) is 4.79 Å². The number of quaternary nitrogens is 1. The number of nitrogens with zero attached hydrogens (tertiary/aromatic N) is 6. The van der Waals surface area contributed by atoms with Gasteiger partial charge in [-0.05, 0) is 25.8 Å². The van der Waals surface area contributed by atoms with Gasteiger partial charge in [0.2, 0.25) is 6.34 Å². The quantitative estimate of drug-likeness (QED) is 0.632. The molecule has 1 aromatic rings. The molecule has 0 bridgehead atoms. The summed E-state index contributed by atoms with van der Waals surface area (Å²) in [5.74, 6) is -0.212. The minimum Gasteiger partial charge on any atom is -0.354 e. The summed E-state index contributed by atoms with van der Waals surface area (Å²) in [5, 5.41) is 17.4. The molecular weight excluding hydrogens is 370 g/mol. The summed E-state index contributed by atoms with van der Waals surface area (Å²) < 4.78 is 0.704. The normalized spacial score (nSPS) is 33.0. The number of aliphatic imine (C=N–C) groups is 1. The second-order valence-electron chi connectivity index (χ2n) is 8.14. The summed E-state index contributed by atoms with van der Waals surface area (Å²) in [4.78, 5) is 18.2. The topological polar surface area (TPSA) is 98.9 Å². The average Bonchev–Trinajstić information content (AvgIpc) is 3.51. The Balaban J connectivity index is 1.61. The van der Waals surface area contributed by atoms with Gasteiger partial charge in [0.25, 0.3) is 5.91 Å². The first kappa shape index (κ1) is 18.2. The van der Waals surface area contributed by atoms with Gasteiger partial charge in [0, 0.05) is 19.2 Å². The third-order valence-electron chi connectivity index (χ3n) is 7.01. The average molecular weight is 398 g/mol. The van der Waals surface area contributed by atoms with E-state index in [0.29, 0.717) is 22.1 Å². The number of rotatable bonds is 4. The Morgan fingerprint density at radius 1 is 1.41 bits per heavy atom. The fourth-order valence-electron chi connectivity index (χ4n) is 5.56. The van der Waals surface area contributed by atoms with Crippen molar-refractivity contribution in [1.82, 2.24) is 25.9 Å². The molecule has 154 valence electrons. The van der Waals surface area contributed by atoms with E-state index in [-0.39, 0.29) is 5.91 Å². The molecule has 3 N–H and O–H groups in total. The Morgan fingerprint density at radius 2 is 2.24 bits per heavy atom. The zero-order valence-electron chi connectivity index (χ0n) is 16.9. The van der Waals surface area contributed by atoms with Crippen molar-refractivity contribution in [3.63, 3.8) is 0 Å². The number of carbonyl (C=O) groups is 1. The van der Waals surface area contributed by atoms with Crippen molar-refractivity contribution in [2.45, 2.75) is 44.4 Å². The third kappa shape index (κ3) is 2.38. The number of hydrogen-bond donors (Lipinski definition) is 3. The van der Waals surface area contributed by atoms with E-state index < -0.39 is 5.79 Å². The van der Waals surface area contributed by atoms with Crippen molar-refractivity contribution < 1.29 is 9.28 Å². The van der Waals surface area contributed by atoms with Crippen LogP contribution in [0, 0.1) is 5.92 Å². The maximum atomic E-state index is 12.1. The first-order chi connectivity index (χ1) is 14.1. The highest BCUT2D eigenvalue weighted by molar-refractivity contribution is 5.91. The van der Waals surface area contributed by atoms with Crippen LogP contribution in [-0.2, 0) is 0 Å². The van der Waals surface area contributed by atoms with Crippen LogP contribution in [0.4, 0.5) is 0 Å². The predicted octanol–water partition coefficient (Wildman–Crippen LogP) is 0.263. The van der Waals surface area contributed by atoms with Gasteiger partial charge in [-0.3, -0.25) is 15.1 Å². The van der Waals surface area contributed by atoms with Gasteiger partial charge in [-0.1, -0.05) is 12.8 Å². The fraction of sp³-hybridized carbons (Fsp3) is 0.579. The number of hydrogen-bond acceptors (Lipinski definition) is 7. The fourth-order valence-corrected chi connectivity index (χ4v) is 5.56. The Bertz CT molecular complexity index is 899. The van der Waals surface area contributed by atoms with Crippen LogP contribution < -0.4 is 21.1 Å². The van der Waals surface area contributed by atoms with Crippen molar-refractivity contribution in [1.29, 1.82) is 0 Å². The molecule has 0 aromatic carbocycles. The zero-order chi connectivity index (χ0) is 20.1. The summed E-state index contributed by atoms with van der Waals surface area (Å²) >= 11 is 0. The number of hydrazone groups is 1. The highest BCUT2D eigenvalue weighted by Gasteiger charge is 2.67. The number of aromatic nitrogens is 2. The second kappa shape index (κ2) is 6.58. The van der Waals surface area contributed by atoms with E-state index in [0.717, 1.165) is 18.8 Å². The number of piperazine rings is 1. The molecule has 5 rings (SSSR count). The SMILES string of the molecule is CC[N@@+]12C=NNC13NC=NC=C3N(n1ccc(C(=O)NC)n1)CC2C1CCCC1. The molecule has 10 heteroatoms. The van der Waals surface area contributed by atoms with Gasteiger partial charge in [0.05, 0.1) is 25.6 Å². The van der Waals surface area contributed by atoms with Gasteiger partial charge >= 0.3 is 5.79 Å². The minimum atomic E-state index is -0.624. The Kier molecular flexibility index (Phi) is 4.12. The molecule has 1 aliphatic carbocycles. The van der Waals surface area contributed by atoms with Crippen LogP contribution in [0.15, 0.2) is 34.3 Å². The maximum absolute atomic E-state index is 12.1. The van der Waals surface area contributed by atoms with Crippen molar-refractivity contribution >= 4 is 18.6 Å².